The van der Waals surface area contributed by atoms with Crippen molar-refractivity contribution in [3.8, 4) is 0 Å². The average Bonchev–Trinajstić information content (AvgIpc) is 2.41. The van der Waals surface area contributed by atoms with E-state index in [9.17, 15) is 9.59 Å². The molecule has 2 heterocycles. The second-order valence-corrected chi connectivity index (χ2v) is 6.67. The third kappa shape index (κ3) is 3.20. The molecule has 2 saturated heterocycles. The highest BCUT2D eigenvalue weighted by atomic mass is 16.7. The maximum absolute atomic E-state index is 11.6. The second-order valence-electron chi connectivity index (χ2n) is 6.67. The smallest absolute Gasteiger partial charge is 0.405 e. The van der Waals surface area contributed by atoms with Crippen LogP contribution in [0.15, 0.2) is 0 Å². The van der Waals surface area contributed by atoms with Crippen LogP contribution in [-0.2, 0) is 23.7 Å². The number of hydrogen-bond acceptors (Lipinski definition) is 6. The number of amides is 1. The van der Waals surface area contributed by atoms with E-state index < -0.39 is 29.0 Å². The Balaban J connectivity index is 2.31. The molecule has 7 nitrogen and oxygen atoms in total. The molecule has 2 N–H and O–H groups in total. The van der Waals surface area contributed by atoms with Gasteiger partial charge in [0.1, 0.15) is 6.10 Å². The molecule has 2 aliphatic rings. The molecular formula is C14H23NO6. The zero-order chi connectivity index (χ0) is 15.7. The molecule has 0 aromatic rings. The Morgan fingerprint density at radius 2 is 1.95 bits per heavy atom. The number of rotatable bonds is 2. The fourth-order valence-electron chi connectivity index (χ4n) is 2.91. The minimum atomic E-state index is -1.52. The van der Waals surface area contributed by atoms with E-state index >= 15 is 0 Å². The van der Waals surface area contributed by atoms with Gasteiger partial charge in [0.05, 0.1) is 19.8 Å². The van der Waals surface area contributed by atoms with E-state index in [0.717, 1.165) is 0 Å². The van der Waals surface area contributed by atoms with Gasteiger partial charge in [-0.25, -0.2) is 4.79 Å². The van der Waals surface area contributed by atoms with Gasteiger partial charge in [-0.3, -0.25) is 4.79 Å². The van der Waals surface area contributed by atoms with Crippen LogP contribution >= 0.6 is 0 Å². The molecule has 1 amide bonds. The Morgan fingerprint density at radius 3 is 2.43 bits per heavy atom. The number of primary amides is 1. The van der Waals surface area contributed by atoms with Gasteiger partial charge in [-0.05, 0) is 5.41 Å². The standard InChI is InChI=1S/C14H23NO6/c1-12(2,3)10-13(8-16,21-11(15)17)9-19-14(20-10)4-6-18-7-5-14/h8,10H,4-7,9H2,1-3H3,(H2,15,17). The molecule has 0 saturated carbocycles. The fourth-order valence-corrected chi connectivity index (χ4v) is 2.91. The third-order valence-electron chi connectivity index (χ3n) is 3.87. The molecule has 1 spiro atoms. The van der Waals surface area contributed by atoms with Gasteiger partial charge in [0.15, 0.2) is 12.1 Å². The first-order chi connectivity index (χ1) is 9.73. The second kappa shape index (κ2) is 5.55. The summed E-state index contributed by atoms with van der Waals surface area (Å²) < 4.78 is 22.3. The Kier molecular flexibility index (Phi) is 4.28. The number of aldehydes is 1. The minimum Gasteiger partial charge on any atom is -0.430 e. The van der Waals surface area contributed by atoms with Crippen LogP contribution in [0, 0.1) is 5.41 Å². The van der Waals surface area contributed by atoms with Crippen molar-refractivity contribution in [2.24, 2.45) is 11.1 Å². The molecule has 0 aliphatic carbocycles. The van der Waals surface area contributed by atoms with Gasteiger partial charge < -0.3 is 24.7 Å². The molecule has 120 valence electrons. The largest absolute Gasteiger partial charge is 0.430 e. The van der Waals surface area contributed by atoms with Crippen LogP contribution in [-0.4, -0.2) is 49.7 Å². The lowest BCUT2D eigenvalue weighted by molar-refractivity contribution is -0.367. The lowest BCUT2D eigenvalue weighted by Gasteiger charge is -2.52. The van der Waals surface area contributed by atoms with E-state index in [1.165, 1.54) is 0 Å². The molecule has 7 heteroatoms. The van der Waals surface area contributed by atoms with Crippen molar-refractivity contribution in [1.29, 1.82) is 0 Å². The topological polar surface area (TPSA) is 97.1 Å². The molecule has 0 aromatic heterocycles. The van der Waals surface area contributed by atoms with E-state index in [-0.39, 0.29) is 6.61 Å². The third-order valence-corrected chi connectivity index (χ3v) is 3.87. The number of nitrogens with two attached hydrogens (primary N) is 1. The summed E-state index contributed by atoms with van der Waals surface area (Å²) in [6, 6.07) is 0. The maximum atomic E-state index is 11.6. The summed E-state index contributed by atoms with van der Waals surface area (Å²) in [5, 5.41) is 0. The average molecular weight is 301 g/mol. The van der Waals surface area contributed by atoms with Crippen molar-refractivity contribution >= 4 is 12.4 Å². The molecule has 0 aromatic carbocycles. The summed E-state index contributed by atoms with van der Waals surface area (Å²) in [6.45, 7) is 6.74. The summed E-state index contributed by atoms with van der Waals surface area (Å²) >= 11 is 0. The van der Waals surface area contributed by atoms with Gasteiger partial charge in [-0.1, -0.05) is 20.8 Å². The summed E-state index contributed by atoms with van der Waals surface area (Å²) in [6.07, 6.45) is 0.0316. The van der Waals surface area contributed by atoms with Crippen molar-refractivity contribution in [3.05, 3.63) is 0 Å². The van der Waals surface area contributed by atoms with Crippen LogP contribution in [0.1, 0.15) is 33.6 Å². The van der Waals surface area contributed by atoms with E-state index in [1.807, 2.05) is 20.8 Å². The van der Waals surface area contributed by atoms with Gasteiger partial charge in [0.2, 0.25) is 5.60 Å². The molecule has 2 fully saturated rings. The number of ether oxygens (including phenoxy) is 4. The number of carbonyl (C=O) groups is 2. The van der Waals surface area contributed by atoms with Crippen molar-refractivity contribution in [2.45, 2.75) is 51.1 Å². The fraction of sp³-hybridized carbons (Fsp3) is 0.857. The lowest BCUT2D eigenvalue weighted by Crippen LogP contribution is -2.66. The highest BCUT2D eigenvalue weighted by Gasteiger charge is 2.58. The van der Waals surface area contributed by atoms with Crippen LogP contribution in [0.4, 0.5) is 4.79 Å². The van der Waals surface area contributed by atoms with Gasteiger partial charge in [-0.15, -0.1) is 0 Å². The summed E-state index contributed by atoms with van der Waals surface area (Å²) in [5.41, 5.74) is 3.15. The Morgan fingerprint density at radius 1 is 1.33 bits per heavy atom. The Bertz CT molecular complexity index is 412. The first-order valence-corrected chi connectivity index (χ1v) is 7.07. The highest BCUT2D eigenvalue weighted by Crippen LogP contribution is 2.43. The molecule has 2 rings (SSSR count). The first kappa shape index (κ1) is 16.2. The predicted octanol–water partition coefficient (Wildman–Crippen LogP) is 0.988. The van der Waals surface area contributed by atoms with Crippen molar-refractivity contribution in [1.82, 2.24) is 0 Å². The Hall–Kier alpha value is -1.18. The molecule has 2 atom stereocenters. The van der Waals surface area contributed by atoms with Crippen LogP contribution < -0.4 is 5.73 Å². The molecule has 21 heavy (non-hydrogen) atoms. The van der Waals surface area contributed by atoms with Crippen molar-refractivity contribution in [2.75, 3.05) is 19.8 Å². The molecule has 2 aliphatic heterocycles. The molecule has 0 radical (unpaired) electrons. The van der Waals surface area contributed by atoms with Crippen LogP contribution in [0.25, 0.3) is 0 Å². The van der Waals surface area contributed by atoms with Crippen LogP contribution in [0.5, 0.6) is 0 Å². The van der Waals surface area contributed by atoms with Gasteiger partial charge in [0, 0.05) is 12.8 Å². The predicted molar refractivity (Wildman–Crippen MR) is 72.5 cm³/mol. The minimum absolute atomic E-state index is 0.0681. The lowest BCUT2D eigenvalue weighted by atomic mass is 9.77. The normalized spacial score (nSPS) is 32.6. The van der Waals surface area contributed by atoms with Crippen LogP contribution in [0.3, 0.4) is 0 Å². The van der Waals surface area contributed by atoms with Gasteiger partial charge in [-0.2, -0.15) is 0 Å². The zero-order valence-corrected chi connectivity index (χ0v) is 12.7. The maximum Gasteiger partial charge on any atom is 0.405 e. The quantitative estimate of drug-likeness (QED) is 0.764. The SMILES string of the molecule is CC(C)(C)C1OC2(CCOCC2)OCC1(C=O)OC(N)=O. The van der Waals surface area contributed by atoms with E-state index in [2.05, 4.69) is 0 Å². The molecular weight excluding hydrogens is 278 g/mol. The van der Waals surface area contributed by atoms with Gasteiger partial charge >= 0.3 is 6.09 Å². The molecule has 0 bridgehead atoms. The zero-order valence-electron chi connectivity index (χ0n) is 12.7. The highest BCUT2D eigenvalue weighted by molar-refractivity contribution is 5.73. The van der Waals surface area contributed by atoms with Crippen molar-refractivity contribution in [3.63, 3.8) is 0 Å². The van der Waals surface area contributed by atoms with E-state index in [1.54, 1.807) is 0 Å². The number of carbonyl (C=O) groups excluding carboxylic acids is 2. The van der Waals surface area contributed by atoms with Crippen LogP contribution in [0.2, 0.25) is 0 Å². The van der Waals surface area contributed by atoms with Gasteiger partial charge in [0.25, 0.3) is 0 Å². The van der Waals surface area contributed by atoms with Crippen molar-refractivity contribution < 1.29 is 28.5 Å². The van der Waals surface area contributed by atoms with E-state index in [0.29, 0.717) is 32.3 Å². The monoisotopic (exact) mass is 301 g/mol. The summed E-state index contributed by atoms with van der Waals surface area (Å²) in [7, 11) is 0. The summed E-state index contributed by atoms with van der Waals surface area (Å²) in [5.74, 6) is -0.788. The number of hydrogen-bond donors (Lipinski definition) is 1. The molecule has 2 unspecified atom stereocenters. The summed E-state index contributed by atoms with van der Waals surface area (Å²) in [4.78, 5) is 22.8. The van der Waals surface area contributed by atoms with E-state index in [4.69, 9.17) is 24.7 Å². The first-order valence-electron chi connectivity index (χ1n) is 7.07. The Labute approximate surface area is 124 Å².